The molecule has 0 aromatic rings. The zero-order valence-corrected chi connectivity index (χ0v) is 13.4. The molecule has 1 saturated heterocycles. The first-order chi connectivity index (χ1) is 9.95. The largest absolute Gasteiger partial charge is 0.481 e. The fourth-order valence-electron chi connectivity index (χ4n) is 2.50. The Morgan fingerprint density at radius 2 is 2.14 bits per heavy atom. The monoisotopic (exact) mass is 300 g/mol. The summed E-state index contributed by atoms with van der Waals surface area (Å²) in [5.41, 5.74) is 0. The molecule has 1 atom stereocenters. The van der Waals surface area contributed by atoms with Crippen LogP contribution >= 0.6 is 0 Å². The number of carboxylic acids is 1. The smallest absolute Gasteiger partial charge is 0.320 e. The number of nitrogens with zero attached hydrogens (tertiary/aromatic N) is 2. The molecule has 1 rings (SSSR count). The van der Waals surface area contributed by atoms with Gasteiger partial charge in [-0.1, -0.05) is 6.92 Å². The van der Waals surface area contributed by atoms with Gasteiger partial charge >= 0.3 is 12.0 Å². The van der Waals surface area contributed by atoms with Crippen LogP contribution in [0.3, 0.4) is 0 Å². The summed E-state index contributed by atoms with van der Waals surface area (Å²) in [5, 5.41) is 8.80. The molecule has 6 nitrogen and oxygen atoms in total. The van der Waals surface area contributed by atoms with Crippen LogP contribution in [0, 0.1) is 0 Å². The molecule has 1 heterocycles. The van der Waals surface area contributed by atoms with Gasteiger partial charge in [-0.15, -0.1) is 0 Å². The van der Waals surface area contributed by atoms with E-state index in [-0.39, 0.29) is 31.1 Å². The Labute approximate surface area is 127 Å². The molecule has 2 amide bonds. The fraction of sp³-hybridized carbons (Fsp3) is 0.867. The average Bonchev–Trinajstić information content (AvgIpc) is 2.44. The molecule has 122 valence electrons. The highest BCUT2D eigenvalue weighted by atomic mass is 16.5. The van der Waals surface area contributed by atoms with E-state index in [9.17, 15) is 9.59 Å². The van der Waals surface area contributed by atoms with E-state index in [1.807, 2.05) is 13.8 Å². The lowest BCUT2D eigenvalue weighted by Gasteiger charge is -2.37. The van der Waals surface area contributed by atoms with Gasteiger partial charge in [-0.2, -0.15) is 0 Å². The topological polar surface area (TPSA) is 70.1 Å². The quantitative estimate of drug-likeness (QED) is 0.782. The van der Waals surface area contributed by atoms with Crippen molar-refractivity contribution < 1.29 is 19.4 Å². The molecule has 0 saturated carbocycles. The van der Waals surface area contributed by atoms with Crippen LogP contribution in [0.5, 0.6) is 0 Å². The summed E-state index contributed by atoms with van der Waals surface area (Å²) in [7, 11) is 0. The highest BCUT2D eigenvalue weighted by Crippen LogP contribution is 2.16. The summed E-state index contributed by atoms with van der Waals surface area (Å²) >= 11 is 0. The number of likely N-dealkylation sites (tertiary alicyclic amines) is 1. The average molecular weight is 300 g/mol. The van der Waals surface area contributed by atoms with Crippen molar-refractivity contribution in [3.05, 3.63) is 0 Å². The van der Waals surface area contributed by atoms with Gasteiger partial charge in [0.2, 0.25) is 0 Å². The van der Waals surface area contributed by atoms with Gasteiger partial charge in [-0.3, -0.25) is 4.79 Å². The zero-order valence-electron chi connectivity index (χ0n) is 13.4. The first-order valence-electron chi connectivity index (χ1n) is 7.84. The third-order valence-corrected chi connectivity index (χ3v) is 3.64. The molecule has 0 aliphatic carbocycles. The van der Waals surface area contributed by atoms with E-state index < -0.39 is 5.97 Å². The van der Waals surface area contributed by atoms with Crippen LogP contribution in [-0.2, 0) is 9.53 Å². The van der Waals surface area contributed by atoms with Crippen molar-refractivity contribution in [3.8, 4) is 0 Å². The number of amides is 2. The Hall–Kier alpha value is -1.30. The third kappa shape index (κ3) is 5.91. The van der Waals surface area contributed by atoms with E-state index in [0.29, 0.717) is 6.54 Å². The standard InChI is InChI=1S/C15H28N2O4/c1-4-10-21-13-6-5-8-16(11-13)15(20)17(12(2)3)9-7-14(18)19/h12-13H,4-11H2,1-3H3,(H,18,19). The van der Waals surface area contributed by atoms with Gasteiger partial charge in [0.05, 0.1) is 12.5 Å². The van der Waals surface area contributed by atoms with Crippen LogP contribution in [0.15, 0.2) is 0 Å². The molecule has 0 aromatic heterocycles. The van der Waals surface area contributed by atoms with Gasteiger partial charge in [-0.25, -0.2) is 4.79 Å². The van der Waals surface area contributed by atoms with Crippen LogP contribution in [0.2, 0.25) is 0 Å². The van der Waals surface area contributed by atoms with Gasteiger partial charge in [0.1, 0.15) is 0 Å². The number of rotatable bonds is 7. The number of ether oxygens (including phenoxy) is 1. The lowest BCUT2D eigenvalue weighted by molar-refractivity contribution is -0.137. The summed E-state index contributed by atoms with van der Waals surface area (Å²) in [4.78, 5) is 26.7. The second-order valence-electron chi connectivity index (χ2n) is 5.79. The van der Waals surface area contributed by atoms with E-state index in [0.717, 1.165) is 32.4 Å². The second-order valence-corrected chi connectivity index (χ2v) is 5.79. The molecular formula is C15H28N2O4. The number of carbonyl (C=O) groups is 2. The van der Waals surface area contributed by atoms with Crippen molar-refractivity contribution in [1.29, 1.82) is 0 Å². The maximum atomic E-state index is 12.6. The number of hydrogen-bond acceptors (Lipinski definition) is 3. The number of carbonyl (C=O) groups excluding carboxylic acids is 1. The van der Waals surface area contributed by atoms with E-state index in [2.05, 4.69) is 6.92 Å². The third-order valence-electron chi connectivity index (χ3n) is 3.64. The molecule has 21 heavy (non-hydrogen) atoms. The summed E-state index contributed by atoms with van der Waals surface area (Å²) in [6, 6.07) is -0.0789. The van der Waals surface area contributed by atoms with Crippen molar-refractivity contribution in [3.63, 3.8) is 0 Å². The zero-order chi connectivity index (χ0) is 15.8. The van der Waals surface area contributed by atoms with E-state index in [1.54, 1.807) is 9.80 Å². The van der Waals surface area contributed by atoms with Crippen LogP contribution < -0.4 is 0 Å². The molecule has 0 radical (unpaired) electrons. The van der Waals surface area contributed by atoms with Gasteiger partial charge in [0.15, 0.2) is 0 Å². The normalized spacial score (nSPS) is 18.9. The Morgan fingerprint density at radius 1 is 1.43 bits per heavy atom. The Kier molecular flexibility index (Phi) is 7.50. The number of aliphatic carboxylic acids is 1. The Bertz CT molecular complexity index is 347. The van der Waals surface area contributed by atoms with Crippen LogP contribution in [0.25, 0.3) is 0 Å². The molecule has 1 aliphatic heterocycles. The van der Waals surface area contributed by atoms with Crippen molar-refractivity contribution in [2.75, 3.05) is 26.2 Å². The molecular weight excluding hydrogens is 272 g/mol. The van der Waals surface area contributed by atoms with Crippen LogP contribution in [-0.4, -0.2) is 65.3 Å². The first kappa shape index (κ1) is 17.8. The maximum Gasteiger partial charge on any atom is 0.320 e. The lowest BCUT2D eigenvalue weighted by atomic mass is 10.1. The highest BCUT2D eigenvalue weighted by Gasteiger charge is 2.28. The van der Waals surface area contributed by atoms with Gasteiger partial charge in [0.25, 0.3) is 0 Å². The van der Waals surface area contributed by atoms with Gasteiger partial charge in [-0.05, 0) is 33.1 Å². The van der Waals surface area contributed by atoms with Crippen molar-refractivity contribution in [2.45, 2.75) is 58.6 Å². The van der Waals surface area contributed by atoms with Crippen molar-refractivity contribution in [1.82, 2.24) is 9.80 Å². The van der Waals surface area contributed by atoms with Gasteiger partial charge < -0.3 is 19.6 Å². The molecule has 1 unspecified atom stereocenters. The molecule has 0 aromatic carbocycles. The lowest BCUT2D eigenvalue weighted by Crippen LogP contribution is -2.51. The van der Waals surface area contributed by atoms with E-state index in [4.69, 9.17) is 9.84 Å². The van der Waals surface area contributed by atoms with E-state index >= 15 is 0 Å². The molecule has 0 bridgehead atoms. The number of piperidine rings is 1. The molecule has 1 aliphatic rings. The molecule has 6 heteroatoms. The SMILES string of the molecule is CCCOC1CCCN(C(=O)N(CCC(=O)O)C(C)C)C1. The fourth-order valence-corrected chi connectivity index (χ4v) is 2.50. The minimum atomic E-state index is -0.878. The van der Waals surface area contributed by atoms with Gasteiger partial charge in [0, 0.05) is 32.3 Å². The highest BCUT2D eigenvalue weighted by molar-refractivity contribution is 5.76. The Balaban J connectivity index is 2.58. The number of hydrogen-bond donors (Lipinski definition) is 1. The Morgan fingerprint density at radius 3 is 2.71 bits per heavy atom. The first-order valence-corrected chi connectivity index (χ1v) is 7.84. The van der Waals surface area contributed by atoms with E-state index in [1.165, 1.54) is 0 Å². The van der Waals surface area contributed by atoms with Crippen LogP contribution in [0.1, 0.15) is 46.5 Å². The predicted octanol–water partition coefficient (Wildman–Crippen LogP) is 2.18. The predicted molar refractivity (Wildman–Crippen MR) is 80.3 cm³/mol. The maximum absolute atomic E-state index is 12.6. The summed E-state index contributed by atoms with van der Waals surface area (Å²) < 4.78 is 5.74. The molecule has 1 N–H and O–H groups in total. The molecule has 1 fully saturated rings. The number of carboxylic acid groups (broad SMARTS) is 1. The summed E-state index contributed by atoms with van der Waals surface area (Å²) in [5.74, 6) is -0.878. The molecule has 0 spiro atoms. The number of urea groups is 1. The summed E-state index contributed by atoms with van der Waals surface area (Å²) in [6.45, 7) is 8.19. The van der Waals surface area contributed by atoms with Crippen molar-refractivity contribution >= 4 is 12.0 Å². The summed E-state index contributed by atoms with van der Waals surface area (Å²) in [6.07, 6.45) is 2.98. The van der Waals surface area contributed by atoms with Crippen LogP contribution in [0.4, 0.5) is 4.79 Å². The van der Waals surface area contributed by atoms with Crippen molar-refractivity contribution in [2.24, 2.45) is 0 Å². The minimum absolute atomic E-state index is 0.00575. The minimum Gasteiger partial charge on any atom is -0.481 e. The second kappa shape index (κ2) is 8.87.